The predicted molar refractivity (Wildman–Crippen MR) is 246 cm³/mol. The smallest absolute Gasteiger partial charge is 0.111 e. The molecule has 2 N–H and O–H groups in total. The Kier molecular flexibility index (Phi) is 11.1. The molecule has 10 aromatic rings. The van der Waals surface area contributed by atoms with Crippen molar-refractivity contribution < 1.29 is 0 Å². The van der Waals surface area contributed by atoms with Gasteiger partial charge in [0, 0.05) is 68.0 Å². The quantitative estimate of drug-likeness (QED) is 0.157. The largest absolute Gasteiger partial charge is 0.340 e. The molecule has 292 valence electrons. The van der Waals surface area contributed by atoms with Crippen molar-refractivity contribution in [2.24, 2.45) is 0 Å². The van der Waals surface area contributed by atoms with Crippen LogP contribution < -0.4 is 0 Å². The van der Waals surface area contributed by atoms with Crippen molar-refractivity contribution in [1.29, 1.82) is 0 Å². The first-order valence-electron chi connectivity index (χ1n) is 19.6. The summed E-state index contributed by atoms with van der Waals surface area (Å²) in [5.41, 5.74) is 13.7. The monoisotopic (exact) mass is 864 g/mol. The van der Waals surface area contributed by atoms with Crippen molar-refractivity contribution in [2.45, 2.75) is 26.7 Å². The van der Waals surface area contributed by atoms with Crippen LogP contribution >= 0.6 is 27.5 Å². The summed E-state index contributed by atoms with van der Waals surface area (Å²) in [6.45, 7) is 4.00. The van der Waals surface area contributed by atoms with Crippen molar-refractivity contribution in [3.05, 3.63) is 202 Å². The number of nitrogens with zero attached hydrogens (tertiary/aromatic N) is 6. The maximum absolute atomic E-state index is 6.17. The van der Waals surface area contributed by atoms with Gasteiger partial charge in [-0.15, -0.1) is 0 Å². The first-order valence-corrected chi connectivity index (χ1v) is 20.7. The van der Waals surface area contributed by atoms with Gasteiger partial charge < -0.3 is 9.97 Å². The van der Waals surface area contributed by atoms with E-state index in [0.29, 0.717) is 12.8 Å². The minimum absolute atomic E-state index is 0.661. The van der Waals surface area contributed by atoms with E-state index in [1.54, 1.807) is 0 Å². The topological polar surface area (TPSA) is 109 Å². The Labute approximate surface area is 361 Å². The molecule has 0 saturated heterocycles. The predicted octanol–water partition coefficient (Wildman–Crippen LogP) is 12.6. The molecule has 10 rings (SSSR count). The highest BCUT2D eigenvalue weighted by atomic mass is 79.9. The van der Waals surface area contributed by atoms with E-state index in [9.17, 15) is 0 Å². The lowest BCUT2D eigenvalue weighted by Gasteiger charge is -2.05. The number of nitrogens with one attached hydrogen (secondary N) is 2. The Morgan fingerprint density at radius 2 is 1.00 bits per heavy atom. The van der Waals surface area contributed by atoms with Crippen LogP contribution in [0.2, 0.25) is 5.02 Å². The number of pyridine rings is 4. The van der Waals surface area contributed by atoms with E-state index in [2.05, 4.69) is 90.5 Å². The lowest BCUT2D eigenvalue weighted by Crippen LogP contribution is -1.91. The summed E-state index contributed by atoms with van der Waals surface area (Å²) in [5.74, 6) is 1.78. The summed E-state index contributed by atoms with van der Waals surface area (Å²) < 4.78 is 1.06. The van der Waals surface area contributed by atoms with E-state index in [1.165, 1.54) is 5.56 Å². The van der Waals surface area contributed by atoms with Crippen LogP contribution in [0.3, 0.4) is 0 Å². The van der Waals surface area contributed by atoms with Crippen molar-refractivity contribution >= 4 is 49.3 Å². The highest BCUT2D eigenvalue weighted by Crippen LogP contribution is 2.33. The number of aromatic amines is 2. The number of fused-ring (bicyclic) bond motifs is 2. The third kappa shape index (κ3) is 8.78. The van der Waals surface area contributed by atoms with E-state index >= 15 is 0 Å². The molecule has 0 fully saturated rings. The Balaban J connectivity index is 0.000000154. The standard InChI is InChI=1S/C25H19BrN4.C25H19ClN4/c2*1-16-5-2-9-22(28-16)25-24(19-10-11-21-18(15-19)7-4-12-27-21)29-23(30-25)14-17-6-3-8-20(26)13-17/h2*2-13,15H,14H2,1H3,(H,29,30). The number of rotatable bonds is 8. The van der Waals surface area contributed by atoms with Crippen molar-refractivity contribution in [2.75, 3.05) is 0 Å². The molecule has 10 heteroatoms. The SMILES string of the molecule is Cc1cccc(-c2[nH]c(Cc3cccc(Br)c3)nc2-c2ccc3ncccc3c2)n1.Cc1cccc(-c2[nH]c(Cc3cccc(Cl)c3)nc2-c2ccc3ncccc3c2)n1. The van der Waals surface area contributed by atoms with Crippen LogP contribution in [0.15, 0.2) is 162 Å². The number of aromatic nitrogens is 8. The van der Waals surface area contributed by atoms with Gasteiger partial charge >= 0.3 is 0 Å². The van der Waals surface area contributed by atoms with Crippen LogP contribution in [0.1, 0.15) is 34.2 Å². The van der Waals surface area contributed by atoms with E-state index in [4.69, 9.17) is 31.5 Å². The highest BCUT2D eigenvalue weighted by molar-refractivity contribution is 9.10. The average molecular weight is 866 g/mol. The molecule has 0 amide bonds. The third-order valence-corrected chi connectivity index (χ3v) is 10.8. The molecule has 0 aliphatic heterocycles. The van der Waals surface area contributed by atoms with Crippen molar-refractivity contribution in [3.63, 3.8) is 0 Å². The lowest BCUT2D eigenvalue weighted by molar-refractivity contribution is 1.02. The molecule has 8 nitrogen and oxygen atoms in total. The van der Waals surface area contributed by atoms with E-state index in [0.717, 1.165) is 105 Å². The molecule has 0 aliphatic rings. The van der Waals surface area contributed by atoms with E-state index in [-0.39, 0.29) is 0 Å². The number of H-pyrrole nitrogens is 2. The second-order valence-electron chi connectivity index (χ2n) is 14.6. The van der Waals surface area contributed by atoms with Gasteiger partial charge in [0.15, 0.2) is 0 Å². The Morgan fingerprint density at radius 1 is 0.500 bits per heavy atom. The fourth-order valence-electron chi connectivity index (χ4n) is 7.29. The summed E-state index contributed by atoms with van der Waals surface area (Å²) in [4.78, 5) is 35.3. The third-order valence-electron chi connectivity index (χ3n) is 10.1. The highest BCUT2D eigenvalue weighted by Gasteiger charge is 2.18. The minimum atomic E-state index is 0.661. The van der Waals surface area contributed by atoms with Gasteiger partial charge in [-0.2, -0.15) is 0 Å². The molecule has 60 heavy (non-hydrogen) atoms. The van der Waals surface area contributed by atoms with Gasteiger partial charge in [-0.05, 0) is 110 Å². The summed E-state index contributed by atoms with van der Waals surface area (Å²) >= 11 is 9.72. The number of imidazole rings is 2. The van der Waals surface area contributed by atoms with Crippen LogP contribution in [0.25, 0.3) is 67.1 Å². The number of hydrogen-bond donors (Lipinski definition) is 2. The summed E-state index contributed by atoms with van der Waals surface area (Å²) in [6, 6.07) is 48.8. The van der Waals surface area contributed by atoms with E-state index < -0.39 is 0 Å². The van der Waals surface area contributed by atoms with Crippen molar-refractivity contribution in [3.8, 4) is 45.3 Å². The van der Waals surface area contributed by atoms with Gasteiger partial charge in [0.05, 0.1) is 45.2 Å². The Bertz CT molecular complexity index is 2930. The number of halogens is 2. The van der Waals surface area contributed by atoms with E-state index in [1.807, 2.05) is 117 Å². The summed E-state index contributed by atoms with van der Waals surface area (Å²) in [7, 11) is 0. The summed E-state index contributed by atoms with van der Waals surface area (Å²) in [5, 5.41) is 2.90. The Morgan fingerprint density at radius 3 is 1.50 bits per heavy atom. The molecule has 0 aliphatic carbocycles. The van der Waals surface area contributed by atoms with Crippen molar-refractivity contribution in [1.82, 2.24) is 39.9 Å². The normalized spacial score (nSPS) is 11.1. The zero-order valence-corrected chi connectivity index (χ0v) is 35.2. The first kappa shape index (κ1) is 38.7. The minimum Gasteiger partial charge on any atom is -0.340 e. The van der Waals surface area contributed by atoms with Gasteiger partial charge in [-0.1, -0.05) is 88.2 Å². The molecule has 0 unspecified atom stereocenters. The van der Waals surface area contributed by atoms with Crippen LogP contribution in [0.4, 0.5) is 0 Å². The molecule has 6 heterocycles. The van der Waals surface area contributed by atoms with Gasteiger partial charge in [0.2, 0.25) is 0 Å². The lowest BCUT2D eigenvalue weighted by atomic mass is 10.1. The van der Waals surface area contributed by atoms with Gasteiger partial charge in [0.1, 0.15) is 11.6 Å². The maximum Gasteiger partial charge on any atom is 0.111 e. The number of aryl methyl sites for hydroxylation is 2. The van der Waals surface area contributed by atoms with Crippen LogP contribution in [0.5, 0.6) is 0 Å². The van der Waals surface area contributed by atoms with Gasteiger partial charge in [-0.3, -0.25) is 19.9 Å². The molecule has 6 aromatic heterocycles. The molecule has 0 spiro atoms. The van der Waals surface area contributed by atoms with Crippen LogP contribution in [-0.4, -0.2) is 39.9 Å². The Hall–Kier alpha value is -6.81. The average Bonchev–Trinajstić information content (AvgIpc) is 3.88. The zero-order chi connectivity index (χ0) is 41.0. The van der Waals surface area contributed by atoms with Gasteiger partial charge in [-0.25, -0.2) is 9.97 Å². The fraction of sp³-hybridized carbons (Fsp3) is 0.0800. The molecule has 4 aromatic carbocycles. The number of hydrogen-bond acceptors (Lipinski definition) is 6. The molecule has 0 saturated carbocycles. The van der Waals surface area contributed by atoms with Crippen LogP contribution in [0, 0.1) is 13.8 Å². The molecular weight excluding hydrogens is 828 g/mol. The molecule has 0 atom stereocenters. The molecule has 0 radical (unpaired) electrons. The zero-order valence-electron chi connectivity index (χ0n) is 32.9. The van der Waals surface area contributed by atoms with Gasteiger partial charge in [0.25, 0.3) is 0 Å². The number of benzene rings is 4. The summed E-state index contributed by atoms with van der Waals surface area (Å²) in [6.07, 6.45) is 5.00. The molecular formula is C50H38BrClN8. The second kappa shape index (κ2) is 17.2. The maximum atomic E-state index is 6.17. The molecule has 0 bridgehead atoms. The second-order valence-corrected chi connectivity index (χ2v) is 15.9. The first-order chi connectivity index (χ1) is 29.3. The fourth-order valence-corrected chi connectivity index (χ4v) is 7.95. The van der Waals surface area contributed by atoms with Crippen LogP contribution in [-0.2, 0) is 12.8 Å².